The molecule has 2 heterocycles. The van der Waals surface area contributed by atoms with Gasteiger partial charge in [-0.15, -0.1) is 0 Å². The van der Waals surface area contributed by atoms with Crippen LogP contribution in [0.5, 0.6) is 0 Å². The summed E-state index contributed by atoms with van der Waals surface area (Å²) in [5.41, 5.74) is 2.06. The number of pyridine rings is 1. The van der Waals surface area contributed by atoms with Crippen molar-refractivity contribution in [1.82, 2.24) is 15.2 Å². The zero-order chi connectivity index (χ0) is 12.8. The second kappa shape index (κ2) is 5.95. The first-order valence-corrected chi connectivity index (χ1v) is 5.90. The average Bonchev–Trinajstić information content (AvgIpc) is 2.86. The summed E-state index contributed by atoms with van der Waals surface area (Å²) in [4.78, 5) is 16.0. The van der Waals surface area contributed by atoms with E-state index in [2.05, 4.69) is 15.2 Å². The Morgan fingerprint density at radius 2 is 2.33 bits per heavy atom. The molecular weight excluding hydrogens is 230 g/mol. The minimum Gasteiger partial charge on any atom is -0.455 e. The molecule has 0 unspecified atom stereocenters. The minimum absolute atomic E-state index is 0.177. The lowest BCUT2D eigenvalue weighted by molar-refractivity contribution is 0.0466. The monoisotopic (exact) mass is 245 g/mol. The normalized spacial score (nSPS) is 10.3. The summed E-state index contributed by atoms with van der Waals surface area (Å²) in [6, 6.07) is 5.49. The number of esters is 1. The highest BCUT2D eigenvalue weighted by Gasteiger charge is 2.14. The lowest BCUT2D eigenvalue weighted by Crippen LogP contribution is -2.07. The Hall–Kier alpha value is -2.17. The number of nitrogens with zero attached hydrogens (tertiary/aromatic N) is 2. The van der Waals surface area contributed by atoms with Crippen molar-refractivity contribution >= 4 is 5.97 Å². The zero-order valence-corrected chi connectivity index (χ0v) is 10.2. The van der Waals surface area contributed by atoms with Gasteiger partial charge in [0.05, 0.1) is 11.9 Å². The fraction of sp³-hybridized carbons (Fsp3) is 0.308. The van der Waals surface area contributed by atoms with E-state index in [9.17, 15) is 4.79 Å². The fourth-order valence-electron chi connectivity index (χ4n) is 1.63. The highest BCUT2D eigenvalue weighted by Crippen LogP contribution is 2.10. The standard InChI is InChI=1S/C13H15N3O2/c1-2-5-12-11(8-15-16-12)13(17)18-9-10-6-3-4-7-14-10/h3-4,6-8H,2,5,9H2,1H3,(H,15,16). The lowest BCUT2D eigenvalue weighted by atomic mass is 10.2. The van der Waals surface area contributed by atoms with Gasteiger partial charge in [0.25, 0.3) is 0 Å². The fourth-order valence-corrected chi connectivity index (χ4v) is 1.63. The molecule has 2 rings (SSSR count). The van der Waals surface area contributed by atoms with Crippen molar-refractivity contribution in [2.75, 3.05) is 0 Å². The number of rotatable bonds is 5. The highest BCUT2D eigenvalue weighted by molar-refractivity contribution is 5.90. The van der Waals surface area contributed by atoms with Gasteiger partial charge in [-0.05, 0) is 18.6 Å². The van der Waals surface area contributed by atoms with Crippen LogP contribution in [0.3, 0.4) is 0 Å². The van der Waals surface area contributed by atoms with Gasteiger partial charge in [0.2, 0.25) is 0 Å². The first-order chi connectivity index (χ1) is 8.81. The van der Waals surface area contributed by atoms with Crippen LogP contribution in [-0.4, -0.2) is 21.2 Å². The quantitative estimate of drug-likeness (QED) is 0.819. The lowest BCUT2D eigenvalue weighted by Gasteiger charge is -2.04. The number of carbonyl (C=O) groups is 1. The molecule has 0 amide bonds. The molecule has 0 fully saturated rings. The number of nitrogens with one attached hydrogen (secondary N) is 1. The van der Waals surface area contributed by atoms with E-state index < -0.39 is 0 Å². The number of aromatic amines is 1. The molecular formula is C13H15N3O2. The Kier molecular flexibility index (Phi) is 4.06. The van der Waals surface area contributed by atoms with Crippen LogP contribution in [0.1, 0.15) is 35.1 Å². The first-order valence-electron chi connectivity index (χ1n) is 5.90. The van der Waals surface area contributed by atoms with Crippen molar-refractivity contribution < 1.29 is 9.53 Å². The maximum atomic E-state index is 11.9. The SMILES string of the molecule is CCCc1[nH]ncc1C(=O)OCc1ccccn1. The summed E-state index contributed by atoms with van der Waals surface area (Å²) in [6.07, 6.45) is 4.91. The van der Waals surface area contributed by atoms with Crippen LogP contribution >= 0.6 is 0 Å². The summed E-state index contributed by atoms with van der Waals surface area (Å²) in [5.74, 6) is -0.363. The summed E-state index contributed by atoms with van der Waals surface area (Å²) in [6.45, 7) is 2.22. The molecule has 0 bridgehead atoms. The molecule has 2 aromatic heterocycles. The van der Waals surface area contributed by atoms with Gasteiger partial charge in [-0.3, -0.25) is 10.1 Å². The van der Waals surface area contributed by atoms with Gasteiger partial charge in [0.15, 0.2) is 0 Å². The molecule has 0 saturated carbocycles. The Labute approximate surface area is 105 Å². The second-order valence-electron chi connectivity index (χ2n) is 3.91. The number of aromatic nitrogens is 3. The van der Waals surface area contributed by atoms with Crippen LogP contribution in [0, 0.1) is 0 Å². The number of hydrogen-bond acceptors (Lipinski definition) is 4. The maximum Gasteiger partial charge on any atom is 0.342 e. The number of carbonyl (C=O) groups excluding carboxylic acids is 1. The molecule has 0 aliphatic heterocycles. The molecule has 1 N–H and O–H groups in total. The predicted molar refractivity (Wildman–Crippen MR) is 65.9 cm³/mol. The van der Waals surface area contributed by atoms with Crippen molar-refractivity contribution in [3.05, 3.63) is 47.5 Å². The molecule has 18 heavy (non-hydrogen) atoms. The molecule has 0 aliphatic rings. The second-order valence-corrected chi connectivity index (χ2v) is 3.91. The van der Waals surface area contributed by atoms with E-state index in [-0.39, 0.29) is 12.6 Å². The van der Waals surface area contributed by atoms with E-state index in [1.807, 2.05) is 25.1 Å². The van der Waals surface area contributed by atoms with Crippen LogP contribution in [0.15, 0.2) is 30.6 Å². The van der Waals surface area contributed by atoms with Crippen molar-refractivity contribution in [3.8, 4) is 0 Å². The van der Waals surface area contributed by atoms with Crippen molar-refractivity contribution in [2.24, 2.45) is 0 Å². The van der Waals surface area contributed by atoms with Crippen LogP contribution in [0.4, 0.5) is 0 Å². The molecule has 0 aliphatic carbocycles. The van der Waals surface area contributed by atoms with Gasteiger partial charge in [-0.1, -0.05) is 19.4 Å². The Bertz CT molecular complexity index is 508. The largest absolute Gasteiger partial charge is 0.455 e. The Morgan fingerprint density at radius 3 is 3.06 bits per heavy atom. The van der Waals surface area contributed by atoms with Crippen molar-refractivity contribution in [3.63, 3.8) is 0 Å². The van der Waals surface area contributed by atoms with Gasteiger partial charge in [0.1, 0.15) is 12.2 Å². The highest BCUT2D eigenvalue weighted by atomic mass is 16.5. The maximum absolute atomic E-state index is 11.9. The van der Waals surface area contributed by atoms with E-state index in [0.717, 1.165) is 24.2 Å². The molecule has 5 nitrogen and oxygen atoms in total. The van der Waals surface area contributed by atoms with E-state index in [1.54, 1.807) is 6.20 Å². The zero-order valence-electron chi connectivity index (χ0n) is 10.2. The van der Waals surface area contributed by atoms with E-state index >= 15 is 0 Å². The number of H-pyrrole nitrogens is 1. The van der Waals surface area contributed by atoms with Crippen molar-refractivity contribution in [1.29, 1.82) is 0 Å². The number of ether oxygens (including phenoxy) is 1. The Morgan fingerprint density at radius 1 is 1.44 bits per heavy atom. The summed E-state index contributed by atoms with van der Waals surface area (Å²) in [7, 11) is 0. The average molecular weight is 245 g/mol. The minimum atomic E-state index is -0.363. The van der Waals surface area contributed by atoms with Crippen LogP contribution < -0.4 is 0 Å². The van der Waals surface area contributed by atoms with Gasteiger partial charge < -0.3 is 4.74 Å². The van der Waals surface area contributed by atoms with E-state index in [4.69, 9.17) is 4.74 Å². The van der Waals surface area contributed by atoms with Gasteiger partial charge in [0, 0.05) is 11.9 Å². The molecule has 0 saturated heterocycles. The summed E-state index contributed by atoms with van der Waals surface area (Å²) < 4.78 is 5.20. The third kappa shape index (κ3) is 2.94. The smallest absolute Gasteiger partial charge is 0.342 e. The van der Waals surface area contributed by atoms with Crippen molar-refractivity contribution in [2.45, 2.75) is 26.4 Å². The van der Waals surface area contributed by atoms with Crippen LogP contribution in [-0.2, 0) is 17.8 Å². The van der Waals surface area contributed by atoms with Gasteiger partial charge in [-0.2, -0.15) is 5.10 Å². The van der Waals surface area contributed by atoms with E-state index in [0.29, 0.717) is 5.56 Å². The number of aryl methyl sites for hydroxylation is 1. The van der Waals surface area contributed by atoms with Crippen LogP contribution in [0.25, 0.3) is 0 Å². The van der Waals surface area contributed by atoms with Gasteiger partial charge >= 0.3 is 5.97 Å². The Balaban J connectivity index is 1.97. The molecule has 0 radical (unpaired) electrons. The molecule has 0 atom stereocenters. The molecule has 0 spiro atoms. The summed E-state index contributed by atoms with van der Waals surface area (Å²) >= 11 is 0. The predicted octanol–water partition coefficient (Wildman–Crippen LogP) is 2.11. The first kappa shape index (κ1) is 12.3. The van der Waals surface area contributed by atoms with Gasteiger partial charge in [-0.25, -0.2) is 4.79 Å². The number of hydrogen-bond donors (Lipinski definition) is 1. The third-order valence-corrected chi connectivity index (χ3v) is 2.52. The molecule has 2 aromatic rings. The van der Waals surface area contributed by atoms with E-state index in [1.165, 1.54) is 6.20 Å². The van der Waals surface area contributed by atoms with Crippen LogP contribution in [0.2, 0.25) is 0 Å². The molecule has 5 heteroatoms. The molecule has 0 aromatic carbocycles. The topological polar surface area (TPSA) is 67.9 Å². The summed E-state index contributed by atoms with van der Waals surface area (Å²) in [5, 5.41) is 6.69. The third-order valence-electron chi connectivity index (χ3n) is 2.52. The molecule has 94 valence electrons.